The summed E-state index contributed by atoms with van der Waals surface area (Å²) in [6.07, 6.45) is 5.29. The van der Waals surface area contributed by atoms with E-state index in [0.29, 0.717) is 10.8 Å². The summed E-state index contributed by atoms with van der Waals surface area (Å²) < 4.78 is 2.26. The van der Waals surface area contributed by atoms with Gasteiger partial charge < -0.3 is 4.57 Å². The van der Waals surface area contributed by atoms with E-state index in [0.717, 1.165) is 11.3 Å². The third kappa shape index (κ3) is 1.74. The maximum Gasteiger partial charge on any atom is 0.140 e. The maximum absolute atomic E-state index is 4.99. The second-order valence-electron chi connectivity index (χ2n) is 8.37. The number of rotatable bonds is 1. The van der Waals surface area contributed by atoms with Crippen molar-refractivity contribution in [2.24, 2.45) is 7.05 Å². The first-order valence-corrected chi connectivity index (χ1v) is 9.07. The monoisotopic (exact) mass is 316 g/mol. The molecule has 2 nitrogen and oxygen atoms in total. The van der Waals surface area contributed by atoms with Crippen LogP contribution in [0.2, 0.25) is 0 Å². The third-order valence-electron chi connectivity index (χ3n) is 6.81. The molecule has 2 bridgehead atoms. The van der Waals surface area contributed by atoms with Gasteiger partial charge in [0.05, 0.1) is 11.0 Å². The Kier molecular flexibility index (Phi) is 2.68. The fourth-order valence-corrected chi connectivity index (χ4v) is 4.97. The Balaban J connectivity index is 1.79. The normalized spacial score (nSPS) is 28.3. The van der Waals surface area contributed by atoms with E-state index in [1.807, 2.05) is 0 Å². The molecule has 1 aromatic heterocycles. The van der Waals surface area contributed by atoms with E-state index < -0.39 is 0 Å². The van der Waals surface area contributed by atoms with Gasteiger partial charge in [-0.25, -0.2) is 4.98 Å². The summed E-state index contributed by atoms with van der Waals surface area (Å²) in [4.78, 5) is 4.99. The third-order valence-corrected chi connectivity index (χ3v) is 6.81. The molecule has 0 aliphatic heterocycles. The van der Waals surface area contributed by atoms with Gasteiger partial charge in [-0.15, -0.1) is 0 Å². The zero-order valence-electron chi connectivity index (χ0n) is 14.8. The van der Waals surface area contributed by atoms with E-state index >= 15 is 0 Å². The number of hydrogen-bond donors (Lipinski definition) is 0. The smallest absolute Gasteiger partial charge is 0.140 e. The Labute approximate surface area is 143 Å². The summed E-state index contributed by atoms with van der Waals surface area (Å²) >= 11 is 0. The molecule has 0 spiro atoms. The van der Waals surface area contributed by atoms with Gasteiger partial charge in [-0.3, -0.25) is 0 Å². The van der Waals surface area contributed by atoms with Crippen molar-refractivity contribution in [2.45, 2.75) is 50.4 Å². The Bertz CT molecular complexity index is 941. The lowest BCUT2D eigenvalue weighted by atomic mass is 9.52. The Morgan fingerprint density at radius 3 is 2.08 bits per heavy atom. The van der Waals surface area contributed by atoms with Gasteiger partial charge in [-0.05, 0) is 59.8 Å². The van der Waals surface area contributed by atoms with Crippen LogP contribution < -0.4 is 0 Å². The lowest BCUT2D eigenvalue weighted by Crippen LogP contribution is -2.44. The van der Waals surface area contributed by atoms with Gasteiger partial charge in [0.1, 0.15) is 5.82 Å². The molecule has 3 aromatic rings. The first kappa shape index (κ1) is 14.3. The molecule has 122 valence electrons. The molecule has 0 N–H and O–H groups in total. The zero-order chi connectivity index (χ0) is 16.5. The molecule has 0 saturated heterocycles. The minimum atomic E-state index is 0.353. The molecule has 1 fully saturated rings. The molecule has 3 aliphatic rings. The van der Waals surface area contributed by atoms with Gasteiger partial charge in [0, 0.05) is 12.6 Å². The predicted molar refractivity (Wildman–Crippen MR) is 99.3 cm³/mol. The maximum atomic E-state index is 4.99. The minimum Gasteiger partial charge on any atom is -0.327 e. The van der Waals surface area contributed by atoms with Crippen LogP contribution in [-0.2, 0) is 17.9 Å². The predicted octanol–water partition coefficient (Wildman–Crippen LogP) is 5.34. The minimum absolute atomic E-state index is 0.353. The highest BCUT2D eigenvalue weighted by molar-refractivity contribution is 5.83. The van der Waals surface area contributed by atoms with Crippen LogP contribution in [0.1, 0.15) is 50.7 Å². The molecule has 0 amide bonds. The van der Waals surface area contributed by atoms with Crippen molar-refractivity contribution in [1.82, 2.24) is 9.55 Å². The highest BCUT2D eigenvalue weighted by Gasteiger charge is 2.47. The first-order valence-electron chi connectivity index (χ1n) is 9.07. The lowest BCUT2D eigenvalue weighted by Gasteiger charge is -2.52. The van der Waals surface area contributed by atoms with Crippen molar-refractivity contribution in [3.05, 3.63) is 53.6 Å². The number of imidazole rings is 1. The standard InChI is InChI=1S/C22H24N2/c1-21-9-11-22(2,12-10-21)17-14-19-18(13-16(17)21)23-20(24(19)3)15-7-5-4-6-8-15/h4-8,13-14H,9-12H2,1-3H3. The molecule has 24 heavy (non-hydrogen) atoms. The van der Waals surface area contributed by atoms with Gasteiger partial charge in [0.25, 0.3) is 0 Å². The molecule has 0 atom stereocenters. The highest BCUT2D eigenvalue weighted by Crippen LogP contribution is 2.56. The second-order valence-corrected chi connectivity index (χ2v) is 8.37. The number of benzene rings is 2. The topological polar surface area (TPSA) is 17.8 Å². The van der Waals surface area contributed by atoms with Crippen LogP contribution in [0.4, 0.5) is 0 Å². The zero-order valence-corrected chi connectivity index (χ0v) is 14.8. The summed E-state index contributed by atoms with van der Waals surface area (Å²) in [6, 6.07) is 15.4. The first-order chi connectivity index (χ1) is 11.5. The molecule has 0 radical (unpaired) electrons. The average molecular weight is 316 g/mol. The van der Waals surface area contributed by atoms with Crippen LogP contribution in [0, 0.1) is 0 Å². The number of aryl methyl sites for hydroxylation is 1. The van der Waals surface area contributed by atoms with Gasteiger partial charge in [-0.1, -0.05) is 44.2 Å². The van der Waals surface area contributed by atoms with E-state index in [1.165, 1.54) is 36.8 Å². The van der Waals surface area contributed by atoms with Crippen LogP contribution in [-0.4, -0.2) is 9.55 Å². The van der Waals surface area contributed by atoms with Crippen LogP contribution in [0.25, 0.3) is 22.4 Å². The molecule has 1 saturated carbocycles. The van der Waals surface area contributed by atoms with Gasteiger partial charge in [0.15, 0.2) is 0 Å². The lowest BCUT2D eigenvalue weighted by molar-refractivity contribution is 0.188. The number of nitrogens with zero attached hydrogens (tertiary/aromatic N) is 2. The molecule has 1 heterocycles. The number of hydrogen-bond acceptors (Lipinski definition) is 1. The van der Waals surface area contributed by atoms with E-state index in [1.54, 1.807) is 11.1 Å². The summed E-state index contributed by atoms with van der Waals surface area (Å²) in [5.41, 5.74) is 7.46. The number of fused-ring (bicyclic) bond motifs is 3. The van der Waals surface area contributed by atoms with Crippen molar-refractivity contribution in [2.75, 3.05) is 0 Å². The summed E-state index contributed by atoms with van der Waals surface area (Å²) in [5, 5.41) is 0. The van der Waals surface area contributed by atoms with Crippen LogP contribution >= 0.6 is 0 Å². The summed E-state index contributed by atoms with van der Waals surface area (Å²) in [7, 11) is 2.15. The molecule has 0 unspecified atom stereocenters. The molecule has 2 aromatic carbocycles. The van der Waals surface area contributed by atoms with E-state index in [4.69, 9.17) is 4.98 Å². The average Bonchev–Trinajstić information content (AvgIpc) is 2.93. The highest BCUT2D eigenvalue weighted by atomic mass is 15.1. The summed E-state index contributed by atoms with van der Waals surface area (Å²) in [6.45, 7) is 4.92. The SMILES string of the molecule is Cn1c(-c2ccccc2)nc2cc3c(cc21)C1(C)CCC3(C)CC1. The number of aromatic nitrogens is 2. The molecule has 6 rings (SSSR count). The van der Waals surface area contributed by atoms with Crippen molar-refractivity contribution >= 4 is 11.0 Å². The largest absolute Gasteiger partial charge is 0.327 e. The molecule has 2 heteroatoms. The molecular weight excluding hydrogens is 292 g/mol. The Hall–Kier alpha value is -2.09. The van der Waals surface area contributed by atoms with Gasteiger partial charge in [-0.2, -0.15) is 0 Å². The van der Waals surface area contributed by atoms with Crippen LogP contribution in [0.5, 0.6) is 0 Å². The fourth-order valence-electron chi connectivity index (χ4n) is 4.97. The molecular formula is C22H24N2. The van der Waals surface area contributed by atoms with Gasteiger partial charge >= 0.3 is 0 Å². The Morgan fingerprint density at radius 2 is 1.46 bits per heavy atom. The second kappa shape index (κ2) is 4.50. The van der Waals surface area contributed by atoms with E-state index in [-0.39, 0.29) is 0 Å². The Morgan fingerprint density at radius 1 is 0.875 bits per heavy atom. The summed E-state index contributed by atoms with van der Waals surface area (Å²) in [5.74, 6) is 1.07. The van der Waals surface area contributed by atoms with Crippen LogP contribution in [0.3, 0.4) is 0 Å². The van der Waals surface area contributed by atoms with Gasteiger partial charge in [0.2, 0.25) is 0 Å². The molecule has 3 aliphatic carbocycles. The van der Waals surface area contributed by atoms with E-state index in [2.05, 4.69) is 67.9 Å². The van der Waals surface area contributed by atoms with Crippen LogP contribution in [0.15, 0.2) is 42.5 Å². The van der Waals surface area contributed by atoms with Crippen molar-refractivity contribution in [1.29, 1.82) is 0 Å². The van der Waals surface area contributed by atoms with E-state index in [9.17, 15) is 0 Å². The van der Waals surface area contributed by atoms with Crippen molar-refractivity contribution in [3.63, 3.8) is 0 Å². The van der Waals surface area contributed by atoms with Crippen molar-refractivity contribution < 1.29 is 0 Å². The fraction of sp³-hybridized carbons (Fsp3) is 0.409. The van der Waals surface area contributed by atoms with Crippen molar-refractivity contribution in [3.8, 4) is 11.4 Å². The quantitative estimate of drug-likeness (QED) is 0.592.